The topological polar surface area (TPSA) is 94.8 Å². The molecule has 25 heavy (non-hydrogen) atoms. The third-order valence-electron chi connectivity index (χ3n) is 3.76. The molecule has 0 bridgehead atoms. The lowest BCUT2D eigenvalue weighted by molar-refractivity contribution is 0.580. The average molecular weight is 330 g/mol. The molecule has 7 heteroatoms. The van der Waals surface area contributed by atoms with Crippen molar-refractivity contribution < 1.29 is 4.42 Å². The minimum Gasteiger partial charge on any atom is -0.463 e. The van der Waals surface area contributed by atoms with Gasteiger partial charge < -0.3 is 20.0 Å². The first-order valence-corrected chi connectivity index (χ1v) is 7.57. The Hall–Kier alpha value is -3.79. The van der Waals surface area contributed by atoms with Gasteiger partial charge in [-0.3, -0.25) is 0 Å². The summed E-state index contributed by atoms with van der Waals surface area (Å²) < 4.78 is 7.35. The number of nitrogens with two attached hydrogens (primary N) is 1. The monoisotopic (exact) mass is 330 g/mol. The van der Waals surface area contributed by atoms with Gasteiger partial charge in [0, 0.05) is 11.7 Å². The summed E-state index contributed by atoms with van der Waals surface area (Å²) in [6.45, 7) is 0.598. The Morgan fingerprint density at radius 3 is 2.76 bits per heavy atom. The molecule has 3 aromatic heterocycles. The van der Waals surface area contributed by atoms with Crippen LogP contribution in [0.5, 0.6) is 0 Å². The van der Waals surface area contributed by atoms with Gasteiger partial charge in [0.15, 0.2) is 11.4 Å². The smallest absolute Gasteiger partial charge is 0.222 e. The molecule has 0 saturated carbocycles. The van der Waals surface area contributed by atoms with Gasteiger partial charge in [-0.2, -0.15) is 4.98 Å². The predicted molar refractivity (Wildman–Crippen MR) is 95.4 cm³/mol. The van der Waals surface area contributed by atoms with Crippen molar-refractivity contribution >= 4 is 22.8 Å². The first-order valence-electron chi connectivity index (χ1n) is 7.57. The standard InChI is InChI=1S/C18H14N6O/c1-2-20-13-7-5-12(6-8-13)10-24-11-21-16-15(14-4-3-9-25-14)22-18(19)23-17(16)24/h1,3-9,11,20H,10H2,(H2,19,22,23). The summed E-state index contributed by atoms with van der Waals surface area (Å²) in [4.78, 5) is 13.0. The molecule has 0 aliphatic rings. The van der Waals surface area contributed by atoms with Gasteiger partial charge in [-0.25, -0.2) is 9.97 Å². The highest BCUT2D eigenvalue weighted by molar-refractivity contribution is 5.86. The molecule has 0 unspecified atom stereocenters. The van der Waals surface area contributed by atoms with E-state index in [0.717, 1.165) is 11.3 Å². The van der Waals surface area contributed by atoms with E-state index in [9.17, 15) is 0 Å². The van der Waals surface area contributed by atoms with E-state index in [0.29, 0.717) is 29.2 Å². The lowest BCUT2D eigenvalue weighted by Gasteiger charge is -2.06. The quantitative estimate of drug-likeness (QED) is 0.441. The number of fused-ring (bicyclic) bond motifs is 1. The maximum absolute atomic E-state index is 5.87. The number of anilines is 2. The van der Waals surface area contributed by atoms with Gasteiger partial charge in [-0.15, -0.1) is 0 Å². The number of hydrogen-bond donors (Lipinski definition) is 2. The summed E-state index contributed by atoms with van der Waals surface area (Å²) in [6, 6.07) is 13.8. The Morgan fingerprint density at radius 2 is 2.04 bits per heavy atom. The number of terminal acetylenes is 1. The van der Waals surface area contributed by atoms with Gasteiger partial charge in [0.25, 0.3) is 0 Å². The van der Waals surface area contributed by atoms with Crippen LogP contribution in [0, 0.1) is 12.5 Å². The molecule has 0 fully saturated rings. The fraction of sp³-hybridized carbons (Fsp3) is 0.0556. The highest BCUT2D eigenvalue weighted by Crippen LogP contribution is 2.26. The van der Waals surface area contributed by atoms with Crippen molar-refractivity contribution in [2.75, 3.05) is 11.1 Å². The van der Waals surface area contributed by atoms with Crippen LogP contribution in [-0.2, 0) is 6.54 Å². The average Bonchev–Trinajstić information content (AvgIpc) is 3.27. The Labute approximate surface area is 143 Å². The van der Waals surface area contributed by atoms with Gasteiger partial charge in [-0.05, 0) is 29.8 Å². The zero-order chi connectivity index (χ0) is 17.2. The van der Waals surface area contributed by atoms with Crippen LogP contribution in [0.15, 0.2) is 53.4 Å². The molecule has 0 spiro atoms. The van der Waals surface area contributed by atoms with E-state index >= 15 is 0 Å². The lowest BCUT2D eigenvalue weighted by atomic mass is 10.2. The highest BCUT2D eigenvalue weighted by Gasteiger charge is 2.15. The second-order valence-corrected chi connectivity index (χ2v) is 5.42. The molecule has 0 amide bonds. The van der Waals surface area contributed by atoms with Crippen molar-refractivity contribution in [1.82, 2.24) is 19.5 Å². The number of rotatable bonds is 4. The van der Waals surface area contributed by atoms with E-state index in [-0.39, 0.29) is 5.95 Å². The van der Waals surface area contributed by atoms with Crippen molar-refractivity contribution in [3.8, 4) is 23.9 Å². The third kappa shape index (κ3) is 2.77. The number of imidazole rings is 1. The summed E-state index contributed by atoms with van der Waals surface area (Å²) in [5.41, 5.74) is 9.71. The SMILES string of the molecule is C#CNc1ccc(Cn2cnc3c(-c4ccco4)nc(N)nc32)cc1. The fourth-order valence-electron chi connectivity index (χ4n) is 2.64. The van der Waals surface area contributed by atoms with E-state index in [4.69, 9.17) is 16.6 Å². The summed E-state index contributed by atoms with van der Waals surface area (Å²) in [7, 11) is 0. The van der Waals surface area contributed by atoms with Crippen molar-refractivity contribution in [2.45, 2.75) is 6.54 Å². The molecule has 122 valence electrons. The van der Waals surface area contributed by atoms with Crippen LogP contribution in [0.2, 0.25) is 0 Å². The van der Waals surface area contributed by atoms with Gasteiger partial charge in [0.1, 0.15) is 11.2 Å². The third-order valence-corrected chi connectivity index (χ3v) is 3.76. The molecule has 0 radical (unpaired) electrons. The molecule has 0 saturated heterocycles. The molecule has 4 aromatic rings. The lowest BCUT2D eigenvalue weighted by Crippen LogP contribution is -2.03. The van der Waals surface area contributed by atoms with Gasteiger partial charge >= 0.3 is 0 Å². The number of furan rings is 1. The summed E-state index contributed by atoms with van der Waals surface area (Å²) in [5, 5.41) is 2.81. The molecule has 3 heterocycles. The predicted octanol–water partition coefficient (Wildman–Crippen LogP) is 2.72. The Bertz CT molecular complexity index is 1060. The maximum Gasteiger partial charge on any atom is 0.222 e. The van der Waals surface area contributed by atoms with Crippen molar-refractivity contribution in [2.24, 2.45) is 0 Å². The summed E-state index contributed by atoms with van der Waals surface area (Å²) in [5.74, 6) is 0.781. The minimum absolute atomic E-state index is 0.175. The van der Waals surface area contributed by atoms with Crippen LogP contribution < -0.4 is 11.1 Å². The molecule has 1 aromatic carbocycles. The maximum atomic E-state index is 5.87. The number of hydrogen-bond acceptors (Lipinski definition) is 6. The molecule has 7 nitrogen and oxygen atoms in total. The number of nitrogens with zero attached hydrogens (tertiary/aromatic N) is 4. The normalized spacial score (nSPS) is 10.7. The number of nitrogen functional groups attached to an aromatic ring is 1. The van der Waals surface area contributed by atoms with Crippen molar-refractivity contribution in [3.63, 3.8) is 0 Å². The van der Waals surface area contributed by atoms with Gasteiger partial charge in [0.05, 0.1) is 19.1 Å². The molecular formula is C18H14N6O. The summed E-state index contributed by atoms with van der Waals surface area (Å²) >= 11 is 0. The molecule has 0 aliphatic heterocycles. The van der Waals surface area contributed by atoms with E-state index < -0.39 is 0 Å². The number of nitrogens with one attached hydrogen (secondary N) is 1. The van der Waals surface area contributed by atoms with E-state index in [1.807, 2.05) is 34.9 Å². The van der Waals surface area contributed by atoms with Crippen molar-refractivity contribution in [1.29, 1.82) is 0 Å². The first-order chi connectivity index (χ1) is 12.2. The van der Waals surface area contributed by atoms with Crippen LogP contribution in [0.4, 0.5) is 11.6 Å². The largest absolute Gasteiger partial charge is 0.463 e. The Balaban J connectivity index is 1.72. The van der Waals surface area contributed by atoms with Crippen LogP contribution in [0.25, 0.3) is 22.6 Å². The van der Waals surface area contributed by atoms with E-state index in [1.54, 1.807) is 18.7 Å². The zero-order valence-electron chi connectivity index (χ0n) is 13.2. The highest BCUT2D eigenvalue weighted by atomic mass is 16.3. The zero-order valence-corrected chi connectivity index (χ0v) is 13.2. The summed E-state index contributed by atoms with van der Waals surface area (Å²) in [6.07, 6.45) is 8.54. The number of aromatic nitrogens is 4. The van der Waals surface area contributed by atoms with E-state index in [2.05, 4.69) is 26.3 Å². The molecule has 0 atom stereocenters. The molecular weight excluding hydrogens is 316 g/mol. The van der Waals surface area contributed by atoms with Gasteiger partial charge in [0.2, 0.25) is 5.95 Å². The second kappa shape index (κ2) is 6.02. The van der Waals surface area contributed by atoms with Crippen LogP contribution in [0.3, 0.4) is 0 Å². The molecule has 0 aliphatic carbocycles. The minimum atomic E-state index is 0.175. The van der Waals surface area contributed by atoms with Crippen LogP contribution in [-0.4, -0.2) is 19.5 Å². The molecule has 3 N–H and O–H groups in total. The molecule has 4 rings (SSSR count). The van der Waals surface area contributed by atoms with Crippen molar-refractivity contribution in [3.05, 3.63) is 54.6 Å². The second-order valence-electron chi connectivity index (χ2n) is 5.42. The fourth-order valence-corrected chi connectivity index (χ4v) is 2.64. The van der Waals surface area contributed by atoms with Gasteiger partial charge in [-0.1, -0.05) is 18.6 Å². The van der Waals surface area contributed by atoms with Crippen LogP contribution >= 0.6 is 0 Å². The Kier molecular flexibility index (Phi) is 3.56. The Morgan fingerprint density at radius 1 is 1.20 bits per heavy atom. The van der Waals surface area contributed by atoms with E-state index in [1.165, 1.54) is 0 Å². The van der Waals surface area contributed by atoms with Crippen LogP contribution in [0.1, 0.15) is 5.56 Å². The number of benzene rings is 1. The first kappa shape index (κ1) is 14.8.